The lowest BCUT2D eigenvalue weighted by atomic mass is 10.4. The Hall–Kier alpha value is -1.75. The van der Waals surface area contributed by atoms with Crippen molar-refractivity contribution in [2.75, 3.05) is 0 Å². The molecule has 0 aromatic carbocycles. The normalized spacial score (nSPS) is 15.2. The second-order valence-electron chi connectivity index (χ2n) is 3.97. The average molecular weight is 215 g/mol. The van der Waals surface area contributed by atoms with Crippen LogP contribution in [0.25, 0.3) is 5.82 Å². The molecule has 0 aliphatic heterocycles. The number of aromatic nitrogens is 4. The lowest BCUT2D eigenvalue weighted by molar-refractivity contribution is 0.669. The molecule has 1 saturated carbocycles. The highest BCUT2D eigenvalue weighted by molar-refractivity contribution is 5.17. The summed E-state index contributed by atoms with van der Waals surface area (Å²) in [4.78, 5) is 8.67. The Kier molecular flexibility index (Phi) is 2.38. The quantitative estimate of drug-likeness (QED) is 0.823. The van der Waals surface area contributed by atoms with Gasteiger partial charge in [-0.2, -0.15) is 5.10 Å². The molecule has 82 valence electrons. The van der Waals surface area contributed by atoms with Gasteiger partial charge in [-0.25, -0.2) is 9.67 Å². The summed E-state index contributed by atoms with van der Waals surface area (Å²) >= 11 is 0. The Labute approximate surface area is 93.5 Å². The highest BCUT2D eigenvalue weighted by atomic mass is 15.3. The molecule has 0 radical (unpaired) electrons. The number of nitrogens with zero attached hydrogens (tertiary/aromatic N) is 4. The summed E-state index contributed by atoms with van der Waals surface area (Å²) in [5, 5.41) is 7.50. The van der Waals surface area contributed by atoms with Crippen molar-refractivity contribution in [3.63, 3.8) is 0 Å². The fourth-order valence-corrected chi connectivity index (χ4v) is 1.50. The third kappa shape index (κ3) is 2.09. The van der Waals surface area contributed by atoms with Crippen LogP contribution in [0, 0.1) is 0 Å². The van der Waals surface area contributed by atoms with Gasteiger partial charge in [0.1, 0.15) is 0 Å². The van der Waals surface area contributed by atoms with E-state index in [4.69, 9.17) is 0 Å². The maximum Gasteiger partial charge on any atom is 0.171 e. The number of nitrogens with one attached hydrogen (secondary N) is 1. The first-order chi connectivity index (χ1) is 7.92. The van der Waals surface area contributed by atoms with E-state index >= 15 is 0 Å². The van der Waals surface area contributed by atoms with Gasteiger partial charge in [0.15, 0.2) is 5.82 Å². The van der Waals surface area contributed by atoms with Crippen molar-refractivity contribution in [1.82, 2.24) is 25.1 Å². The highest BCUT2D eigenvalue weighted by Crippen LogP contribution is 2.18. The van der Waals surface area contributed by atoms with Crippen molar-refractivity contribution in [3.05, 3.63) is 36.5 Å². The largest absolute Gasteiger partial charge is 0.308 e. The molecule has 2 aromatic heterocycles. The van der Waals surface area contributed by atoms with Crippen molar-refractivity contribution in [2.45, 2.75) is 25.4 Å². The molecule has 1 fully saturated rings. The van der Waals surface area contributed by atoms with Crippen LogP contribution in [0.1, 0.15) is 18.5 Å². The van der Waals surface area contributed by atoms with Gasteiger partial charge < -0.3 is 5.32 Å². The minimum Gasteiger partial charge on any atom is -0.308 e. The molecule has 1 aliphatic carbocycles. The third-order valence-corrected chi connectivity index (χ3v) is 2.58. The first-order valence-corrected chi connectivity index (χ1v) is 5.46. The average Bonchev–Trinajstić information content (AvgIpc) is 3.00. The van der Waals surface area contributed by atoms with Crippen LogP contribution in [-0.2, 0) is 6.54 Å². The first kappa shape index (κ1) is 9.47. The molecule has 0 atom stereocenters. The van der Waals surface area contributed by atoms with Crippen LogP contribution in [0.15, 0.2) is 30.9 Å². The summed E-state index contributed by atoms with van der Waals surface area (Å²) < 4.78 is 1.70. The van der Waals surface area contributed by atoms with E-state index in [1.165, 1.54) is 12.8 Å². The van der Waals surface area contributed by atoms with Crippen LogP contribution in [-0.4, -0.2) is 25.8 Å². The van der Waals surface area contributed by atoms with Gasteiger partial charge in [0, 0.05) is 25.0 Å². The highest BCUT2D eigenvalue weighted by Gasteiger charge is 2.20. The zero-order valence-electron chi connectivity index (χ0n) is 8.87. The summed E-state index contributed by atoms with van der Waals surface area (Å²) in [7, 11) is 0. The molecule has 5 heteroatoms. The molecular formula is C11H13N5. The van der Waals surface area contributed by atoms with Crippen molar-refractivity contribution < 1.29 is 0 Å². The molecule has 0 bridgehead atoms. The molecule has 2 heterocycles. The molecule has 0 unspecified atom stereocenters. The molecule has 2 aromatic rings. The molecule has 5 nitrogen and oxygen atoms in total. The Morgan fingerprint density at radius 1 is 1.31 bits per heavy atom. The second-order valence-corrected chi connectivity index (χ2v) is 3.97. The van der Waals surface area contributed by atoms with Gasteiger partial charge in [0.05, 0.1) is 18.1 Å². The standard InChI is InChI=1S/C11H13N5/c1-4-15-16(5-1)11-8-13-10(7-14-11)6-12-9-2-3-9/h1,4-5,7-9,12H,2-3,6H2. The predicted molar refractivity (Wildman–Crippen MR) is 59.0 cm³/mol. The van der Waals surface area contributed by atoms with Crippen molar-refractivity contribution in [1.29, 1.82) is 0 Å². The minimum absolute atomic E-state index is 0.701. The van der Waals surface area contributed by atoms with Gasteiger partial charge in [-0.3, -0.25) is 4.98 Å². The zero-order chi connectivity index (χ0) is 10.8. The summed E-state index contributed by atoms with van der Waals surface area (Å²) in [6.07, 6.45) is 9.71. The van der Waals surface area contributed by atoms with Crippen LogP contribution < -0.4 is 5.32 Å². The fraction of sp³-hybridized carbons (Fsp3) is 0.364. The molecule has 3 rings (SSSR count). The van der Waals surface area contributed by atoms with Gasteiger partial charge in [-0.15, -0.1) is 0 Å². The van der Waals surface area contributed by atoms with E-state index in [-0.39, 0.29) is 0 Å². The lowest BCUT2D eigenvalue weighted by Crippen LogP contribution is -2.16. The topological polar surface area (TPSA) is 55.6 Å². The van der Waals surface area contributed by atoms with Gasteiger partial charge in [0.25, 0.3) is 0 Å². The summed E-state index contributed by atoms with van der Waals surface area (Å²) in [5.41, 5.74) is 0.975. The summed E-state index contributed by atoms with van der Waals surface area (Å²) in [6, 6.07) is 2.57. The van der Waals surface area contributed by atoms with E-state index in [0.29, 0.717) is 6.04 Å². The van der Waals surface area contributed by atoms with Gasteiger partial charge in [-0.05, 0) is 18.9 Å². The molecular weight excluding hydrogens is 202 g/mol. The van der Waals surface area contributed by atoms with Gasteiger partial charge in [0.2, 0.25) is 0 Å². The Morgan fingerprint density at radius 2 is 2.25 bits per heavy atom. The molecule has 16 heavy (non-hydrogen) atoms. The van der Waals surface area contributed by atoms with Crippen LogP contribution in [0.2, 0.25) is 0 Å². The Balaban J connectivity index is 1.69. The molecule has 1 N–H and O–H groups in total. The van der Waals surface area contributed by atoms with E-state index in [1.54, 1.807) is 23.3 Å². The third-order valence-electron chi connectivity index (χ3n) is 2.58. The lowest BCUT2D eigenvalue weighted by Gasteiger charge is -2.03. The van der Waals surface area contributed by atoms with E-state index < -0.39 is 0 Å². The van der Waals surface area contributed by atoms with Crippen LogP contribution in [0.3, 0.4) is 0 Å². The van der Waals surface area contributed by atoms with Gasteiger partial charge >= 0.3 is 0 Å². The fourth-order valence-electron chi connectivity index (χ4n) is 1.50. The smallest absolute Gasteiger partial charge is 0.171 e. The van der Waals surface area contributed by atoms with Crippen molar-refractivity contribution in [3.8, 4) is 5.82 Å². The van der Waals surface area contributed by atoms with E-state index in [9.17, 15) is 0 Å². The van der Waals surface area contributed by atoms with Crippen LogP contribution in [0.5, 0.6) is 0 Å². The molecule has 1 aliphatic rings. The summed E-state index contributed by atoms with van der Waals surface area (Å²) in [6.45, 7) is 0.803. The second kappa shape index (κ2) is 4.02. The number of rotatable bonds is 4. The SMILES string of the molecule is c1cnn(-c2cnc(CNC3CC3)cn2)c1. The Bertz CT molecular complexity index is 444. The molecule has 0 spiro atoms. The maximum atomic E-state index is 4.35. The van der Waals surface area contributed by atoms with E-state index in [0.717, 1.165) is 18.1 Å². The zero-order valence-corrected chi connectivity index (χ0v) is 8.87. The first-order valence-electron chi connectivity index (χ1n) is 5.46. The number of hydrogen-bond donors (Lipinski definition) is 1. The van der Waals surface area contributed by atoms with E-state index in [2.05, 4.69) is 20.4 Å². The summed E-state index contributed by atoms with van der Waals surface area (Å²) in [5.74, 6) is 0.750. The van der Waals surface area contributed by atoms with Gasteiger partial charge in [-0.1, -0.05) is 0 Å². The predicted octanol–water partition coefficient (Wildman–Crippen LogP) is 0.914. The van der Waals surface area contributed by atoms with Crippen LogP contribution >= 0.6 is 0 Å². The van der Waals surface area contributed by atoms with Crippen molar-refractivity contribution >= 4 is 0 Å². The van der Waals surface area contributed by atoms with E-state index in [1.807, 2.05) is 12.3 Å². The monoisotopic (exact) mass is 215 g/mol. The Morgan fingerprint density at radius 3 is 2.88 bits per heavy atom. The van der Waals surface area contributed by atoms with Crippen LogP contribution in [0.4, 0.5) is 0 Å². The van der Waals surface area contributed by atoms with Crippen molar-refractivity contribution in [2.24, 2.45) is 0 Å². The molecule has 0 saturated heterocycles. The maximum absolute atomic E-state index is 4.35. The minimum atomic E-state index is 0.701. The molecule has 0 amide bonds. The number of hydrogen-bond acceptors (Lipinski definition) is 4.